The number of rotatable bonds is 7. The van der Waals surface area contributed by atoms with Crippen molar-refractivity contribution in [3.8, 4) is 11.5 Å². The standard InChI is InChI=1S/C24H23NO4S/c1-16-19-8-4-5-9-20(19)29-23(16)24(26)25(15-18-7-6-12-30-18)14-17-10-11-21(27-2)22(13-17)28-3/h4-13H,14-15H2,1-3H3. The lowest BCUT2D eigenvalue weighted by molar-refractivity contribution is 0.0700. The third-order valence-corrected chi connectivity index (χ3v) is 5.93. The van der Waals surface area contributed by atoms with E-state index in [-0.39, 0.29) is 5.91 Å². The van der Waals surface area contributed by atoms with Crippen LogP contribution >= 0.6 is 11.3 Å². The summed E-state index contributed by atoms with van der Waals surface area (Å²) in [5.41, 5.74) is 2.53. The van der Waals surface area contributed by atoms with E-state index in [2.05, 4.69) is 0 Å². The molecule has 0 saturated heterocycles. The second kappa shape index (κ2) is 8.63. The van der Waals surface area contributed by atoms with Crippen molar-refractivity contribution in [2.75, 3.05) is 14.2 Å². The van der Waals surface area contributed by atoms with Gasteiger partial charge >= 0.3 is 0 Å². The molecule has 0 N–H and O–H groups in total. The molecule has 1 amide bonds. The first-order valence-electron chi connectivity index (χ1n) is 9.61. The first-order chi connectivity index (χ1) is 14.6. The third kappa shape index (κ3) is 3.91. The zero-order valence-corrected chi connectivity index (χ0v) is 18.0. The number of para-hydroxylation sites is 1. The fraction of sp³-hybridized carbons (Fsp3) is 0.208. The SMILES string of the molecule is COc1ccc(CN(Cc2cccs2)C(=O)c2oc3ccccc3c2C)cc1OC. The maximum Gasteiger partial charge on any atom is 0.290 e. The van der Waals surface area contributed by atoms with Gasteiger partial charge in [-0.2, -0.15) is 0 Å². The number of hydrogen-bond acceptors (Lipinski definition) is 5. The summed E-state index contributed by atoms with van der Waals surface area (Å²) in [5.74, 6) is 1.55. The van der Waals surface area contributed by atoms with Gasteiger partial charge in [0, 0.05) is 22.4 Å². The van der Waals surface area contributed by atoms with Crippen LogP contribution in [0, 0.1) is 6.92 Å². The minimum Gasteiger partial charge on any atom is -0.493 e. The number of thiophene rings is 1. The van der Waals surface area contributed by atoms with Crippen molar-refractivity contribution in [1.82, 2.24) is 4.90 Å². The van der Waals surface area contributed by atoms with Crippen molar-refractivity contribution < 1.29 is 18.7 Å². The topological polar surface area (TPSA) is 51.9 Å². The van der Waals surface area contributed by atoms with Crippen LogP contribution in [0.15, 0.2) is 64.4 Å². The summed E-state index contributed by atoms with van der Waals surface area (Å²) in [6.45, 7) is 2.85. The second-order valence-electron chi connectivity index (χ2n) is 6.98. The summed E-state index contributed by atoms with van der Waals surface area (Å²) >= 11 is 1.63. The summed E-state index contributed by atoms with van der Waals surface area (Å²) in [6, 6.07) is 17.4. The van der Waals surface area contributed by atoms with E-state index in [0.29, 0.717) is 30.3 Å². The molecule has 0 aliphatic rings. The maximum atomic E-state index is 13.5. The molecule has 0 fully saturated rings. The van der Waals surface area contributed by atoms with E-state index < -0.39 is 0 Å². The van der Waals surface area contributed by atoms with Gasteiger partial charge in [-0.3, -0.25) is 4.79 Å². The molecule has 0 unspecified atom stereocenters. The molecule has 4 aromatic rings. The molecule has 30 heavy (non-hydrogen) atoms. The van der Waals surface area contributed by atoms with Gasteiger partial charge in [0.25, 0.3) is 5.91 Å². The summed E-state index contributed by atoms with van der Waals surface area (Å²) in [5, 5.41) is 2.98. The van der Waals surface area contributed by atoms with Crippen LogP contribution in [-0.4, -0.2) is 25.0 Å². The van der Waals surface area contributed by atoms with Crippen LogP contribution in [-0.2, 0) is 13.1 Å². The number of furan rings is 1. The number of carbonyl (C=O) groups is 1. The van der Waals surface area contributed by atoms with Gasteiger partial charge in [0.05, 0.1) is 20.8 Å². The van der Waals surface area contributed by atoms with Gasteiger partial charge in [-0.05, 0) is 42.1 Å². The van der Waals surface area contributed by atoms with Crippen LogP contribution in [0.3, 0.4) is 0 Å². The number of methoxy groups -OCH3 is 2. The summed E-state index contributed by atoms with van der Waals surface area (Å²) < 4.78 is 16.7. The number of amides is 1. The highest BCUT2D eigenvalue weighted by molar-refractivity contribution is 7.09. The predicted molar refractivity (Wildman–Crippen MR) is 118 cm³/mol. The van der Waals surface area contributed by atoms with Crippen molar-refractivity contribution in [1.29, 1.82) is 0 Å². The first-order valence-corrected chi connectivity index (χ1v) is 10.5. The predicted octanol–water partition coefficient (Wildman–Crippen LogP) is 5.66. The third-order valence-electron chi connectivity index (χ3n) is 5.07. The Morgan fingerprint density at radius 1 is 1.00 bits per heavy atom. The highest BCUT2D eigenvalue weighted by atomic mass is 32.1. The molecular weight excluding hydrogens is 398 g/mol. The van der Waals surface area contributed by atoms with Gasteiger partial charge in [0.1, 0.15) is 5.58 Å². The minimum absolute atomic E-state index is 0.133. The number of aryl methyl sites for hydroxylation is 1. The summed E-state index contributed by atoms with van der Waals surface area (Å²) in [4.78, 5) is 16.4. The highest BCUT2D eigenvalue weighted by Crippen LogP contribution is 2.30. The number of benzene rings is 2. The van der Waals surface area contributed by atoms with Crippen LogP contribution in [0.5, 0.6) is 11.5 Å². The van der Waals surface area contributed by atoms with Gasteiger partial charge in [0.15, 0.2) is 17.3 Å². The van der Waals surface area contributed by atoms with Crippen molar-refractivity contribution in [2.24, 2.45) is 0 Å². The molecule has 2 aromatic carbocycles. The van der Waals surface area contributed by atoms with E-state index in [4.69, 9.17) is 13.9 Å². The molecule has 0 aliphatic carbocycles. The number of nitrogens with zero attached hydrogens (tertiary/aromatic N) is 1. The number of carbonyl (C=O) groups excluding carboxylic acids is 1. The maximum absolute atomic E-state index is 13.5. The Labute approximate surface area is 179 Å². The van der Waals surface area contributed by atoms with Crippen molar-refractivity contribution in [2.45, 2.75) is 20.0 Å². The van der Waals surface area contributed by atoms with E-state index in [1.54, 1.807) is 30.5 Å². The van der Waals surface area contributed by atoms with Crippen molar-refractivity contribution >= 4 is 28.2 Å². The molecule has 0 bridgehead atoms. The van der Waals surface area contributed by atoms with Gasteiger partial charge in [-0.25, -0.2) is 0 Å². The van der Waals surface area contributed by atoms with Crippen LogP contribution < -0.4 is 9.47 Å². The normalized spacial score (nSPS) is 10.9. The second-order valence-corrected chi connectivity index (χ2v) is 8.01. The van der Waals surface area contributed by atoms with Crippen LogP contribution in [0.25, 0.3) is 11.0 Å². The Morgan fingerprint density at radius 2 is 1.80 bits per heavy atom. The summed E-state index contributed by atoms with van der Waals surface area (Å²) in [7, 11) is 3.21. The highest BCUT2D eigenvalue weighted by Gasteiger charge is 2.24. The van der Waals surface area contributed by atoms with E-state index in [1.165, 1.54) is 0 Å². The zero-order valence-electron chi connectivity index (χ0n) is 17.2. The minimum atomic E-state index is -0.133. The van der Waals surface area contributed by atoms with Gasteiger partial charge < -0.3 is 18.8 Å². The van der Waals surface area contributed by atoms with Crippen molar-refractivity contribution in [3.63, 3.8) is 0 Å². The lowest BCUT2D eigenvalue weighted by Crippen LogP contribution is -2.30. The molecule has 0 saturated carbocycles. The molecule has 2 heterocycles. The Hall–Kier alpha value is -3.25. The van der Waals surface area contributed by atoms with E-state index in [0.717, 1.165) is 27.0 Å². The molecule has 0 radical (unpaired) electrons. The van der Waals surface area contributed by atoms with Gasteiger partial charge in [0.2, 0.25) is 0 Å². The van der Waals surface area contributed by atoms with Crippen molar-refractivity contribution in [3.05, 3.63) is 81.7 Å². The molecule has 4 rings (SSSR count). The number of hydrogen-bond donors (Lipinski definition) is 0. The van der Waals surface area contributed by atoms with E-state index >= 15 is 0 Å². The lowest BCUT2D eigenvalue weighted by Gasteiger charge is -2.22. The fourth-order valence-electron chi connectivity index (χ4n) is 3.51. The number of fused-ring (bicyclic) bond motifs is 1. The molecule has 5 nitrogen and oxygen atoms in total. The molecule has 2 aromatic heterocycles. The molecule has 6 heteroatoms. The van der Waals surface area contributed by atoms with Gasteiger partial charge in [-0.1, -0.05) is 30.3 Å². The Bertz CT molecular complexity index is 1160. The molecule has 0 spiro atoms. The molecular formula is C24H23NO4S. The van der Waals surface area contributed by atoms with E-state index in [1.807, 2.05) is 66.9 Å². The zero-order chi connectivity index (χ0) is 21.1. The smallest absolute Gasteiger partial charge is 0.290 e. The van der Waals surface area contributed by atoms with Crippen LogP contribution in [0.4, 0.5) is 0 Å². The Morgan fingerprint density at radius 3 is 2.50 bits per heavy atom. The average molecular weight is 422 g/mol. The Balaban J connectivity index is 1.69. The monoisotopic (exact) mass is 421 g/mol. The lowest BCUT2D eigenvalue weighted by atomic mass is 10.1. The number of ether oxygens (including phenoxy) is 2. The van der Waals surface area contributed by atoms with E-state index in [9.17, 15) is 4.79 Å². The molecule has 0 aliphatic heterocycles. The molecule has 154 valence electrons. The quantitative estimate of drug-likeness (QED) is 0.386. The van der Waals surface area contributed by atoms with Crippen LogP contribution in [0.1, 0.15) is 26.6 Å². The largest absolute Gasteiger partial charge is 0.493 e. The van der Waals surface area contributed by atoms with Gasteiger partial charge in [-0.15, -0.1) is 11.3 Å². The average Bonchev–Trinajstić information content (AvgIpc) is 3.40. The first kappa shape index (κ1) is 20.0. The van der Waals surface area contributed by atoms with Crippen LogP contribution in [0.2, 0.25) is 0 Å². The molecule has 0 atom stereocenters. The Kier molecular flexibility index (Phi) is 5.77. The fourth-order valence-corrected chi connectivity index (χ4v) is 4.23. The summed E-state index contributed by atoms with van der Waals surface area (Å²) in [6.07, 6.45) is 0.